The predicted octanol–water partition coefficient (Wildman–Crippen LogP) is 1.92. The molecular weight excluding hydrogens is 266 g/mol. The van der Waals surface area contributed by atoms with Crippen molar-refractivity contribution in [1.82, 2.24) is 15.2 Å². The minimum absolute atomic E-state index is 0.0164. The van der Waals surface area contributed by atoms with Gasteiger partial charge in [-0.2, -0.15) is 0 Å². The first kappa shape index (κ1) is 5.02. The van der Waals surface area contributed by atoms with Gasteiger partial charge in [0.2, 0.25) is 0 Å². The maximum absolute atomic E-state index is 11.5. The molecule has 1 aliphatic rings. The van der Waals surface area contributed by atoms with Crippen LogP contribution in [0, 0.1) is 0 Å². The largest absolute Gasteiger partial charge is 0.447 e. The molecule has 1 aromatic heterocycles. The fraction of sp³-hybridized carbons (Fsp3) is 0.438. The number of hydrogen-bond donors (Lipinski definition) is 2. The third-order valence-electron chi connectivity index (χ3n) is 2.80. The summed E-state index contributed by atoms with van der Waals surface area (Å²) in [7, 11) is 0. The van der Waals surface area contributed by atoms with Gasteiger partial charge in [-0.25, -0.2) is 4.79 Å². The van der Waals surface area contributed by atoms with E-state index in [1.807, 2.05) is 5.32 Å². The summed E-state index contributed by atoms with van der Waals surface area (Å²) in [5, 5.41) is 1.71. The Hall–Kier alpha value is -2.01. The number of nitrogens with one attached hydrogen (secondary N) is 2. The molecule has 2 heterocycles. The molecule has 112 valence electrons. The number of carbonyl (C=O) groups is 1. The Labute approximate surface area is 143 Å². The van der Waals surface area contributed by atoms with Crippen LogP contribution in [0.1, 0.15) is 30.3 Å². The Bertz CT molecular complexity index is 1160. The van der Waals surface area contributed by atoms with Crippen LogP contribution in [-0.2, 0) is 17.5 Å². The molecule has 1 atom stereocenters. The van der Waals surface area contributed by atoms with Gasteiger partial charge in [0.15, 0.2) is 0 Å². The molecule has 0 saturated carbocycles. The fourth-order valence-electron chi connectivity index (χ4n) is 1.90. The summed E-state index contributed by atoms with van der Waals surface area (Å²) in [6.45, 7) is -10.3. The molecule has 5 nitrogen and oxygen atoms in total. The standard InChI is InChI=1S/C16H21N3O2/c1-19(2)6-5-12-9-17-15-4-3-11(8-14(12)15)7-13-10-21-16(20)18-13/h3-4,8-9,13,17H,5-7,10H2,1-2H3,(H,18,20)/t13-/m0/s1/i1D3,2D3,3D,4D,5D2,8D,10D2,13D. The Balaban J connectivity index is 2.17. The molecule has 5 heteroatoms. The molecule has 0 bridgehead atoms. The van der Waals surface area contributed by atoms with Gasteiger partial charge < -0.3 is 19.9 Å². The van der Waals surface area contributed by atoms with E-state index in [1.54, 1.807) is 0 Å². The second kappa shape index (κ2) is 5.77. The smallest absolute Gasteiger partial charge is 0.407 e. The molecule has 21 heavy (non-hydrogen) atoms. The molecule has 1 fully saturated rings. The predicted molar refractivity (Wildman–Crippen MR) is 82.5 cm³/mol. The Morgan fingerprint density at radius 2 is 2.57 bits per heavy atom. The number of ether oxygens (including phenoxy) is 1. The van der Waals surface area contributed by atoms with Crippen molar-refractivity contribution in [1.29, 1.82) is 0 Å². The van der Waals surface area contributed by atoms with Crippen LogP contribution in [0.3, 0.4) is 0 Å². The van der Waals surface area contributed by atoms with Crippen molar-refractivity contribution < 1.29 is 28.7 Å². The number of carbonyl (C=O) groups excluding carboxylic acids is 1. The van der Waals surface area contributed by atoms with Crippen LogP contribution < -0.4 is 5.32 Å². The van der Waals surface area contributed by atoms with Crippen LogP contribution in [0.4, 0.5) is 4.79 Å². The highest BCUT2D eigenvalue weighted by Crippen LogP contribution is 2.21. The van der Waals surface area contributed by atoms with E-state index in [0.717, 1.165) is 6.20 Å². The molecule has 0 radical (unpaired) electrons. The topological polar surface area (TPSA) is 57.4 Å². The van der Waals surface area contributed by atoms with Crippen molar-refractivity contribution in [3.63, 3.8) is 0 Å². The lowest BCUT2D eigenvalue weighted by molar-refractivity contribution is 0.177. The Kier molecular flexibility index (Phi) is 1.38. The number of hydrogen-bond acceptors (Lipinski definition) is 3. The summed E-state index contributed by atoms with van der Waals surface area (Å²) in [4.78, 5) is 14.1. The molecule has 1 amide bonds. The molecule has 1 saturated heterocycles. The van der Waals surface area contributed by atoms with Crippen LogP contribution in [0.2, 0.25) is 0 Å². The second-order valence-corrected chi connectivity index (χ2v) is 4.34. The lowest BCUT2D eigenvalue weighted by Crippen LogP contribution is -2.28. The summed E-state index contributed by atoms with van der Waals surface area (Å²) in [6.07, 6.45) is -3.65. The Morgan fingerprint density at radius 3 is 3.33 bits per heavy atom. The highest BCUT2D eigenvalue weighted by atomic mass is 16.6. The van der Waals surface area contributed by atoms with Gasteiger partial charge in [0, 0.05) is 34.6 Å². The Morgan fingerprint density at radius 1 is 1.67 bits per heavy atom. The fourth-order valence-corrected chi connectivity index (χ4v) is 1.90. The van der Waals surface area contributed by atoms with Crippen molar-refractivity contribution in [2.24, 2.45) is 0 Å². The van der Waals surface area contributed by atoms with E-state index in [9.17, 15) is 4.79 Å². The van der Waals surface area contributed by atoms with Gasteiger partial charge in [-0.15, -0.1) is 0 Å². The number of nitrogens with zero attached hydrogens (tertiary/aromatic N) is 1. The number of likely N-dealkylation sites (N-methyl/N-ethyl adjacent to an activating group) is 1. The maximum Gasteiger partial charge on any atom is 0.407 e. The molecule has 1 aliphatic heterocycles. The van der Waals surface area contributed by atoms with Gasteiger partial charge in [0.05, 0.1) is 14.2 Å². The summed E-state index contributed by atoms with van der Waals surface area (Å²) in [5.74, 6) is 0. The number of amides is 1. The van der Waals surface area contributed by atoms with E-state index >= 15 is 0 Å². The van der Waals surface area contributed by atoms with Crippen LogP contribution in [0.15, 0.2) is 24.3 Å². The third kappa shape index (κ3) is 3.19. The van der Waals surface area contributed by atoms with Crippen LogP contribution >= 0.6 is 0 Å². The summed E-state index contributed by atoms with van der Waals surface area (Å²) in [5.41, 5.74) is -0.891. The van der Waals surface area contributed by atoms with E-state index in [1.165, 1.54) is 0 Å². The van der Waals surface area contributed by atoms with Gasteiger partial charge in [0.25, 0.3) is 0 Å². The SMILES string of the molecule is [2H]c1c(C[C@]2([2H])NC(=O)OC2([2H])[2H])c([2H])c2c(C([2H])([2H])CN(C([2H])([2H])[2H])C([2H])([2H])[2H])c[nH]c2c1[2H]. The number of aromatic nitrogens is 1. The van der Waals surface area contributed by atoms with Crippen LogP contribution in [0.5, 0.6) is 0 Å². The van der Waals surface area contributed by atoms with Gasteiger partial charge in [-0.05, 0) is 50.0 Å². The normalized spacial score (nSPS) is 35.8. The number of aromatic amines is 1. The molecule has 3 rings (SSSR count). The van der Waals surface area contributed by atoms with E-state index < -0.39 is 70.1 Å². The number of rotatable bonds is 5. The minimum Gasteiger partial charge on any atom is -0.447 e. The molecule has 1 aromatic carbocycles. The summed E-state index contributed by atoms with van der Waals surface area (Å²) in [6, 6.07) is -4.14. The highest BCUT2D eigenvalue weighted by molar-refractivity contribution is 5.84. The molecule has 0 unspecified atom stereocenters. The van der Waals surface area contributed by atoms with Gasteiger partial charge >= 0.3 is 6.09 Å². The first-order chi connectivity index (χ1) is 15.6. The number of alkyl carbamates (subject to hydrolysis) is 1. The monoisotopic (exact) mass is 301 g/mol. The maximum atomic E-state index is 11.5. The average molecular weight is 301 g/mol. The van der Waals surface area contributed by atoms with Crippen LogP contribution in [-0.4, -0.2) is 49.1 Å². The average Bonchev–Trinajstić information content (AvgIpc) is 3.19. The zero-order valence-electron chi connectivity index (χ0n) is 24.8. The number of H-pyrrole nitrogens is 1. The lowest BCUT2D eigenvalue weighted by Gasteiger charge is -2.09. The van der Waals surface area contributed by atoms with E-state index in [2.05, 4.69) is 9.72 Å². The number of cyclic esters (lactones) is 1. The first-order valence-electron chi connectivity index (χ1n) is 13.0. The summed E-state index contributed by atoms with van der Waals surface area (Å²) < 4.78 is 115. The minimum atomic E-state index is -3.18. The van der Waals surface area contributed by atoms with Crippen LogP contribution in [0.25, 0.3) is 10.9 Å². The third-order valence-corrected chi connectivity index (χ3v) is 2.80. The lowest BCUT2D eigenvalue weighted by atomic mass is 10.0. The number of fused-ring (bicyclic) bond motifs is 1. The van der Waals surface area contributed by atoms with Crippen molar-refractivity contribution in [2.75, 3.05) is 27.1 Å². The number of benzene rings is 1. The van der Waals surface area contributed by atoms with Crippen molar-refractivity contribution in [3.8, 4) is 0 Å². The van der Waals surface area contributed by atoms with Crippen molar-refractivity contribution in [3.05, 3.63) is 35.5 Å². The molecular formula is C16H21N3O2. The molecule has 2 N–H and O–H groups in total. The molecule has 2 aromatic rings. The highest BCUT2D eigenvalue weighted by Gasteiger charge is 2.22. The first-order valence-corrected chi connectivity index (χ1v) is 6.01. The van der Waals surface area contributed by atoms with Crippen molar-refractivity contribution in [2.45, 2.75) is 18.8 Å². The zero-order valence-corrected chi connectivity index (χ0v) is 10.8. The van der Waals surface area contributed by atoms with Gasteiger partial charge in [0.1, 0.15) is 6.56 Å². The van der Waals surface area contributed by atoms with Crippen molar-refractivity contribution >= 4 is 17.0 Å². The summed E-state index contributed by atoms with van der Waals surface area (Å²) >= 11 is 0. The molecule has 0 aliphatic carbocycles. The molecule has 0 spiro atoms. The van der Waals surface area contributed by atoms with E-state index in [-0.39, 0.29) is 26.9 Å². The second-order valence-electron chi connectivity index (χ2n) is 4.34. The quantitative estimate of drug-likeness (QED) is 0.887. The van der Waals surface area contributed by atoms with Gasteiger partial charge in [-0.1, -0.05) is 6.04 Å². The van der Waals surface area contributed by atoms with E-state index in [0.29, 0.717) is 0 Å². The van der Waals surface area contributed by atoms with Gasteiger partial charge in [-0.3, -0.25) is 0 Å². The van der Waals surface area contributed by atoms with E-state index in [4.69, 9.17) is 19.2 Å². The zero-order chi connectivity index (χ0) is 26.9.